The van der Waals surface area contributed by atoms with Crippen LogP contribution in [-0.4, -0.2) is 33.3 Å². The fourth-order valence-electron chi connectivity index (χ4n) is 2.43. The molecule has 1 amide bonds. The predicted octanol–water partition coefficient (Wildman–Crippen LogP) is 3.36. The second-order valence-corrected chi connectivity index (χ2v) is 5.71. The molecule has 1 N–H and O–H groups in total. The van der Waals surface area contributed by atoms with Crippen LogP contribution < -0.4 is 19.5 Å². The lowest BCUT2D eigenvalue weighted by atomic mass is 10.1. The van der Waals surface area contributed by atoms with E-state index in [1.807, 2.05) is 0 Å². The van der Waals surface area contributed by atoms with Crippen molar-refractivity contribution >= 4 is 5.91 Å². The molecule has 0 saturated carbocycles. The smallest absolute Gasteiger partial charge is 0.224 e. The Morgan fingerprint density at radius 1 is 1.00 bits per heavy atom. The summed E-state index contributed by atoms with van der Waals surface area (Å²) in [7, 11) is 3.16. The fourth-order valence-corrected chi connectivity index (χ4v) is 2.43. The van der Waals surface area contributed by atoms with Crippen LogP contribution in [0.25, 0.3) is 0 Å². The molecule has 0 atom stereocenters. The minimum absolute atomic E-state index is 0.0731. The molecule has 0 aromatic heterocycles. The topological polar surface area (TPSA) is 56.8 Å². The molecule has 26 heavy (non-hydrogen) atoms. The highest BCUT2D eigenvalue weighted by Gasteiger charge is 2.10. The first-order chi connectivity index (χ1) is 12.6. The van der Waals surface area contributed by atoms with Crippen LogP contribution in [0.3, 0.4) is 0 Å². The summed E-state index contributed by atoms with van der Waals surface area (Å²) in [6.45, 7) is 1.09. The maximum atomic E-state index is 12.8. The molecule has 0 radical (unpaired) electrons. The van der Waals surface area contributed by atoms with Crippen molar-refractivity contribution < 1.29 is 23.4 Å². The van der Waals surface area contributed by atoms with Gasteiger partial charge in [0.25, 0.3) is 0 Å². The standard InChI is InChI=1S/C20H24FNO4/c1-24-18-9-10-19(25-2)15(13-18)14-20(23)22-11-3-4-12-26-17-7-5-16(21)6-8-17/h5-10,13H,3-4,11-12,14H2,1-2H3,(H,22,23). The van der Waals surface area contributed by atoms with Crippen LogP contribution in [0.4, 0.5) is 4.39 Å². The van der Waals surface area contributed by atoms with E-state index in [2.05, 4.69) is 5.32 Å². The Kier molecular flexibility index (Phi) is 7.74. The first kappa shape index (κ1) is 19.6. The van der Waals surface area contributed by atoms with E-state index in [1.165, 1.54) is 12.1 Å². The molecule has 0 aliphatic carbocycles. The van der Waals surface area contributed by atoms with Crippen molar-refractivity contribution in [3.63, 3.8) is 0 Å². The molecule has 0 saturated heterocycles. The van der Waals surface area contributed by atoms with Crippen molar-refractivity contribution in [2.45, 2.75) is 19.3 Å². The fraction of sp³-hybridized carbons (Fsp3) is 0.350. The summed E-state index contributed by atoms with van der Waals surface area (Å²) < 4.78 is 28.8. The largest absolute Gasteiger partial charge is 0.497 e. The summed E-state index contributed by atoms with van der Waals surface area (Å²) in [5, 5.41) is 2.89. The van der Waals surface area contributed by atoms with E-state index in [0.29, 0.717) is 30.4 Å². The number of methoxy groups -OCH3 is 2. The number of rotatable bonds is 10. The van der Waals surface area contributed by atoms with Gasteiger partial charge in [0.2, 0.25) is 5.91 Å². The van der Waals surface area contributed by atoms with Gasteiger partial charge in [0, 0.05) is 12.1 Å². The third-order valence-electron chi connectivity index (χ3n) is 3.81. The molecule has 0 spiro atoms. The molecule has 0 aliphatic heterocycles. The van der Waals surface area contributed by atoms with E-state index < -0.39 is 0 Å². The highest BCUT2D eigenvalue weighted by molar-refractivity contribution is 5.79. The average molecular weight is 361 g/mol. The van der Waals surface area contributed by atoms with E-state index >= 15 is 0 Å². The second kappa shape index (κ2) is 10.3. The molecule has 5 nitrogen and oxygen atoms in total. The Labute approximate surface area is 153 Å². The van der Waals surface area contributed by atoms with E-state index in [-0.39, 0.29) is 18.1 Å². The summed E-state index contributed by atoms with van der Waals surface area (Å²) in [6, 6.07) is 11.3. The molecule has 2 rings (SSSR count). The van der Waals surface area contributed by atoms with Gasteiger partial charge in [-0.2, -0.15) is 0 Å². The molecule has 140 valence electrons. The molecule has 2 aromatic carbocycles. The summed E-state index contributed by atoms with van der Waals surface area (Å²) in [6.07, 6.45) is 1.81. The first-order valence-electron chi connectivity index (χ1n) is 8.48. The van der Waals surface area contributed by atoms with Crippen molar-refractivity contribution in [1.29, 1.82) is 0 Å². The summed E-state index contributed by atoms with van der Waals surface area (Å²) >= 11 is 0. The molecular formula is C20H24FNO4. The molecule has 0 bridgehead atoms. The number of unbranched alkanes of at least 4 members (excludes halogenated alkanes) is 1. The van der Waals surface area contributed by atoms with Gasteiger partial charge in [-0.15, -0.1) is 0 Å². The average Bonchev–Trinajstić information content (AvgIpc) is 2.65. The molecular weight excluding hydrogens is 337 g/mol. The Morgan fingerprint density at radius 3 is 2.42 bits per heavy atom. The van der Waals surface area contributed by atoms with Crippen LogP contribution in [0.5, 0.6) is 17.2 Å². The van der Waals surface area contributed by atoms with Gasteiger partial charge in [-0.1, -0.05) is 0 Å². The van der Waals surface area contributed by atoms with Gasteiger partial charge in [0.05, 0.1) is 27.2 Å². The maximum absolute atomic E-state index is 12.8. The highest BCUT2D eigenvalue weighted by Crippen LogP contribution is 2.24. The van der Waals surface area contributed by atoms with Crippen LogP contribution >= 0.6 is 0 Å². The molecule has 6 heteroatoms. The van der Waals surface area contributed by atoms with Gasteiger partial charge in [-0.25, -0.2) is 4.39 Å². The van der Waals surface area contributed by atoms with Gasteiger partial charge in [-0.3, -0.25) is 4.79 Å². The van der Waals surface area contributed by atoms with E-state index in [9.17, 15) is 9.18 Å². The molecule has 2 aromatic rings. The normalized spacial score (nSPS) is 10.3. The number of halogens is 1. The van der Waals surface area contributed by atoms with E-state index in [0.717, 1.165) is 18.4 Å². The number of nitrogens with one attached hydrogen (secondary N) is 1. The number of benzene rings is 2. The Balaban J connectivity index is 1.66. The number of carbonyl (C=O) groups excluding carboxylic acids is 1. The number of ether oxygens (including phenoxy) is 3. The van der Waals surface area contributed by atoms with Gasteiger partial charge >= 0.3 is 0 Å². The van der Waals surface area contributed by atoms with E-state index in [1.54, 1.807) is 44.6 Å². The Bertz CT molecular complexity index is 703. The van der Waals surface area contributed by atoms with Crippen LogP contribution in [0.2, 0.25) is 0 Å². The molecule has 0 heterocycles. The van der Waals surface area contributed by atoms with Crippen molar-refractivity contribution in [2.24, 2.45) is 0 Å². The number of hydrogen-bond acceptors (Lipinski definition) is 4. The third kappa shape index (κ3) is 6.27. The zero-order valence-corrected chi connectivity index (χ0v) is 15.1. The van der Waals surface area contributed by atoms with Crippen LogP contribution in [0.1, 0.15) is 18.4 Å². The summed E-state index contributed by atoms with van der Waals surface area (Å²) in [5.41, 5.74) is 0.781. The molecule has 0 fully saturated rings. The SMILES string of the molecule is COc1ccc(OC)c(CC(=O)NCCCCOc2ccc(F)cc2)c1. The summed E-state index contributed by atoms with van der Waals surface area (Å²) in [4.78, 5) is 12.1. The van der Waals surface area contributed by atoms with Crippen LogP contribution in [-0.2, 0) is 11.2 Å². The number of hydrogen-bond donors (Lipinski definition) is 1. The maximum Gasteiger partial charge on any atom is 0.224 e. The predicted molar refractivity (Wildman–Crippen MR) is 97.4 cm³/mol. The zero-order valence-electron chi connectivity index (χ0n) is 15.1. The van der Waals surface area contributed by atoms with Gasteiger partial charge in [0.15, 0.2) is 0 Å². The van der Waals surface area contributed by atoms with Crippen LogP contribution in [0, 0.1) is 5.82 Å². The monoisotopic (exact) mass is 361 g/mol. The van der Waals surface area contributed by atoms with Crippen molar-refractivity contribution in [1.82, 2.24) is 5.32 Å². The number of amides is 1. The zero-order chi connectivity index (χ0) is 18.8. The third-order valence-corrected chi connectivity index (χ3v) is 3.81. The molecule has 0 aliphatic rings. The molecule has 0 unspecified atom stereocenters. The lowest BCUT2D eigenvalue weighted by Crippen LogP contribution is -2.26. The highest BCUT2D eigenvalue weighted by atomic mass is 19.1. The van der Waals surface area contributed by atoms with E-state index in [4.69, 9.17) is 14.2 Å². The Morgan fingerprint density at radius 2 is 1.73 bits per heavy atom. The van der Waals surface area contributed by atoms with Crippen molar-refractivity contribution in [2.75, 3.05) is 27.4 Å². The van der Waals surface area contributed by atoms with Crippen molar-refractivity contribution in [3.8, 4) is 17.2 Å². The minimum atomic E-state index is -0.285. The second-order valence-electron chi connectivity index (χ2n) is 5.71. The first-order valence-corrected chi connectivity index (χ1v) is 8.48. The van der Waals surface area contributed by atoms with Gasteiger partial charge in [0.1, 0.15) is 23.1 Å². The summed E-state index contributed by atoms with van der Waals surface area (Å²) in [5.74, 6) is 1.63. The van der Waals surface area contributed by atoms with Crippen LogP contribution in [0.15, 0.2) is 42.5 Å². The lowest BCUT2D eigenvalue weighted by Gasteiger charge is -2.11. The van der Waals surface area contributed by atoms with Gasteiger partial charge < -0.3 is 19.5 Å². The Hall–Kier alpha value is -2.76. The van der Waals surface area contributed by atoms with Gasteiger partial charge in [-0.05, 0) is 55.3 Å². The lowest BCUT2D eigenvalue weighted by molar-refractivity contribution is -0.120. The van der Waals surface area contributed by atoms with Crippen molar-refractivity contribution in [3.05, 3.63) is 53.8 Å². The quantitative estimate of drug-likeness (QED) is 0.660. The minimum Gasteiger partial charge on any atom is -0.497 e. The number of carbonyl (C=O) groups is 1.